The lowest BCUT2D eigenvalue weighted by molar-refractivity contribution is 0.0752. The zero-order valence-electron chi connectivity index (χ0n) is 16.6. The second-order valence-electron chi connectivity index (χ2n) is 7.12. The molecule has 29 heavy (non-hydrogen) atoms. The van der Waals surface area contributed by atoms with Crippen molar-refractivity contribution in [1.29, 1.82) is 0 Å². The van der Waals surface area contributed by atoms with Gasteiger partial charge in [-0.25, -0.2) is 0 Å². The maximum atomic E-state index is 13.0. The van der Waals surface area contributed by atoms with Crippen molar-refractivity contribution in [1.82, 2.24) is 9.27 Å². The van der Waals surface area contributed by atoms with Gasteiger partial charge in [-0.3, -0.25) is 4.79 Å². The summed E-state index contributed by atoms with van der Waals surface area (Å²) in [5.41, 5.74) is 10.7. The highest BCUT2D eigenvalue weighted by molar-refractivity contribution is 7.09. The number of methoxy groups -OCH3 is 1. The molecule has 0 radical (unpaired) electrons. The Morgan fingerprint density at radius 1 is 1.10 bits per heavy atom. The third-order valence-electron chi connectivity index (χ3n) is 5.22. The van der Waals surface area contributed by atoms with Crippen molar-refractivity contribution in [3.8, 4) is 17.0 Å². The molecule has 2 N–H and O–H groups in total. The van der Waals surface area contributed by atoms with Crippen molar-refractivity contribution in [3.63, 3.8) is 0 Å². The van der Waals surface area contributed by atoms with E-state index < -0.39 is 0 Å². The number of hydrogen-bond donors (Lipinski definition) is 1. The summed E-state index contributed by atoms with van der Waals surface area (Å²) in [7, 11) is 1.63. The van der Waals surface area contributed by atoms with Crippen LogP contribution in [0.15, 0.2) is 48.5 Å². The Kier molecular flexibility index (Phi) is 5.40. The van der Waals surface area contributed by atoms with E-state index in [0.29, 0.717) is 29.3 Å². The molecule has 0 unspecified atom stereocenters. The summed E-state index contributed by atoms with van der Waals surface area (Å²) in [6, 6.07) is 16.0. The van der Waals surface area contributed by atoms with Crippen LogP contribution in [-0.4, -0.2) is 48.5 Å². The molecule has 0 spiro atoms. The number of aryl methyl sites for hydroxylation is 1. The molecule has 1 amide bonds. The molecule has 1 aliphatic rings. The van der Waals surface area contributed by atoms with Crippen LogP contribution in [0.2, 0.25) is 0 Å². The summed E-state index contributed by atoms with van der Waals surface area (Å²) in [5.74, 6) is 0.731. The standard InChI is InChI=1S/C22H24N4O2S/c1-15-4-3-5-17(14-15)25-10-12-26(13-11-25)22(27)21-19(23)20(24-29-21)16-6-8-18(28-2)9-7-16/h3-9,14H,10-13,23H2,1-2H3. The van der Waals surface area contributed by atoms with Crippen molar-refractivity contribution in [3.05, 3.63) is 59.0 Å². The molecule has 4 rings (SSSR count). The van der Waals surface area contributed by atoms with Gasteiger partial charge in [0, 0.05) is 37.4 Å². The SMILES string of the molecule is COc1ccc(-c2nsc(C(=O)N3CCN(c4cccc(C)c4)CC3)c2N)cc1. The first-order valence-electron chi connectivity index (χ1n) is 9.57. The van der Waals surface area contributed by atoms with Crippen LogP contribution in [0.1, 0.15) is 15.2 Å². The first-order chi connectivity index (χ1) is 14.1. The fraction of sp³-hybridized carbons (Fsp3) is 0.273. The van der Waals surface area contributed by atoms with Gasteiger partial charge in [-0.15, -0.1) is 0 Å². The summed E-state index contributed by atoms with van der Waals surface area (Å²) in [5, 5.41) is 0. The van der Waals surface area contributed by atoms with Crippen molar-refractivity contribution >= 4 is 28.8 Å². The van der Waals surface area contributed by atoms with Crippen LogP contribution in [-0.2, 0) is 0 Å². The molecule has 1 fully saturated rings. The van der Waals surface area contributed by atoms with E-state index in [0.717, 1.165) is 24.4 Å². The largest absolute Gasteiger partial charge is 0.497 e. The van der Waals surface area contributed by atoms with Gasteiger partial charge in [0.2, 0.25) is 0 Å². The number of carbonyl (C=O) groups excluding carboxylic acids is 1. The normalized spacial score (nSPS) is 14.1. The number of piperazine rings is 1. The zero-order chi connectivity index (χ0) is 20.4. The average Bonchev–Trinajstić information content (AvgIpc) is 3.14. The predicted molar refractivity (Wildman–Crippen MR) is 118 cm³/mol. The van der Waals surface area contributed by atoms with E-state index >= 15 is 0 Å². The summed E-state index contributed by atoms with van der Waals surface area (Å²) in [6.07, 6.45) is 0. The van der Waals surface area contributed by atoms with Crippen LogP contribution in [0.25, 0.3) is 11.3 Å². The van der Waals surface area contributed by atoms with E-state index in [1.807, 2.05) is 29.2 Å². The van der Waals surface area contributed by atoms with Crippen molar-refractivity contribution in [2.24, 2.45) is 0 Å². The monoisotopic (exact) mass is 408 g/mol. The van der Waals surface area contributed by atoms with E-state index in [9.17, 15) is 4.79 Å². The number of aromatic nitrogens is 1. The van der Waals surface area contributed by atoms with Gasteiger partial charge in [0.05, 0.1) is 12.8 Å². The van der Waals surface area contributed by atoms with Crippen LogP contribution in [0.5, 0.6) is 5.75 Å². The molecule has 1 saturated heterocycles. The Morgan fingerprint density at radius 2 is 1.83 bits per heavy atom. The van der Waals surface area contributed by atoms with E-state index in [4.69, 9.17) is 10.5 Å². The number of rotatable bonds is 4. The molecule has 0 bridgehead atoms. The Bertz CT molecular complexity index is 1010. The topological polar surface area (TPSA) is 71.7 Å². The van der Waals surface area contributed by atoms with Crippen LogP contribution in [0.3, 0.4) is 0 Å². The smallest absolute Gasteiger partial charge is 0.267 e. The number of hydrogen-bond acceptors (Lipinski definition) is 6. The highest BCUT2D eigenvalue weighted by Gasteiger charge is 2.26. The van der Waals surface area contributed by atoms with E-state index in [2.05, 4.69) is 40.5 Å². The predicted octanol–water partition coefficient (Wildman–Crippen LogP) is 3.67. The minimum Gasteiger partial charge on any atom is -0.497 e. The molecule has 6 nitrogen and oxygen atoms in total. The minimum atomic E-state index is -0.0383. The van der Waals surface area contributed by atoms with Crippen LogP contribution >= 0.6 is 11.5 Å². The molecular formula is C22H24N4O2S. The quantitative estimate of drug-likeness (QED) is 0.713. The lowest BCUT2D eigenvalue weighted by Gasteiger charge is -2.36. The van der Waals surface area contributed by atoms with Crippen LogP contribution < -0.4 is 15.4 Å². The van der Waals surface area contributed by atoms with Gasteiger partial charge in [-0.1, -0.05) is 12.1 Å². The van der Waals surface area contributed by atoms with E-state index in [1.54, 1.807) is 7.11 Å². The van der Waals surface area contributed by atoms with Crippen molar-refractivity contribution in [2.45, 2.75) is 6.92 Å². The second kappa shape index (κ2) is 8.13. The Morgan fingerprint density at radius 3 is 2.48 bits per heavy atom. The van der Waals surface area contributed by atoms with Gasteiger partial charge in [-0.2, -0.15) is 4.37 Å². The Hall–Kier alpha value is -3.06. The average molecular weight is 409 g/mol. The lowest BCUT2D eigenvalue weighted by atomic mass is 10.1. The maximum Gasteiger partial charge on any atom is 0.267 e. The number of nitrogens with zero attached hydrogens (tertiary/aromatic N) is 3. The van der Waals surface area contributed by atoms with E-state index in [1.165, 1.54) is 22.8 Å². The molecule has 1 aromatic heterocycles. The first kappa shape index (κ1) is 19.3. The molecule has 2 heterocycles. The fourth-order valence-electron chi connectivity index (χ4n) is 3.54. The number of carbonyl (C=O) groups is 1. The highest BCUT2D eigenvalue weighted by Crippen LogP contribution is 2.32. The van der Waals surface area contributed by atoms with Gasteiger partial charge < -0.3 is 20.3 Å². The highest BCUT2D eigenvalue weighted by atomic mass is 32.1. The number of amides is 1. The summed E-state index contributed by atoms with van der Waals surface area (Å²) >= 11 is 1.17. The van der Waals surface area contributed by atoms with Gasteiger partial charge in [0.25, 0.3) is 5.91 Å². The summed E-state index contributed by atoms with van der Waals surface area (Å²) in [6.45, 7) is 5.04. The molecule has 3 aromatic rings. The summed E-state index contributed by atoms with van der Waals surface area (Å²) in [4.78, 5) is 17.7. The third-order valence-corrected chi connectivity index (χ3v) is 6.07. The fourth-order valence-corrected chi connectivity index (χ4v) is 4.33. The number of ether oxygens (including phenoxy) is 1. The molecule has 150 valence electrons. The van der Waals surface area contributed by atoms with Crippen molar-refractivity contribution < 1.29 is 9.53 Å². The second-order valence-corrected chi connectivity index (χ2v) is 7.89. The van der Waals surface area contributed by atoms with Crippen molar-refractivity contribution in [2.75, 3.05) is 43.9 Å². The number of nitrogens with two attached hydrogens (primary N) is 1. The molecule has 7 heteroatoms. The maximum absolute atomic E-state index is 13.0. The molecule has 2 aromatic carbocycles. The van der Waals surface area contributed by atoms with Crippen LogP contribution in [0, 0.1) is 6.92 Å². The van der Waals surface area contributed by atoms with Gasteiger partial charge >= 0.3 is 0 Å². The minimum absolute atomic E-state index is 0.0383. The molecule has 0 atom stereocenters. The Labute approximate surface area is 174 Å². The number of benzene rings is 2. The third kappa shape index (κ3) is 3.91. The Balaban J connectivity index is 1.46. The molecule has 0 aliphatic carbocycles. The van der Waals surface area contributed by atoms with Crippen LogP contribution in [0.4, 0.5) is 11.4 Å². The molecule has 1 aliphatic heterocycles. The first-order valence-corrected chi connectivity index (χ1v) is 10.3. The summed E-state index contributed by atoms with van der Waals surface area (Å²) < 4.78 is 9.64. The van der Waals surface area contributed by atoms with Gasteiger partial charge in [-0.05, 0) is 60.4 Å². The molecular weight excluding hydrogens is 384 g/mol. The van der Waals surface area contributed by atoms with E-state index in [-0.39, 0.29) is 5.91 Å². The van der Waals surface area contributed by atoms with Gasteiger partial charge in [0.15, 0.2) is 0 Å². The zero-order valence-corrected chi connectivity index (χ0v) is 17.4. The number of nitrogen functional groups attached to an aromatic ring is 1. The lowest BCUT2D eigenvalue weighted by Crippen LogP contribution is -2.48. The number of anilines is 2. The van der Waals surface area contributed by atoms with Gasteiger partial charge in [0.1, 0.15) is 16.3 Å². The molecule has 0 saturated carbocycles.